The summed E-state index contributed by atoms with van der Waals surface area (Å²) in [5.74, 6) is -0.857. The smallest absolute Gasteiger partial charge is 0.320 e. The predicted octanol–water partition coefficient (Wildman–Crippen LogP) is 0.848. The molecule has 0 fully saturated rings. The van der Waals surface area contributed by atoms with Gasteiger partial charge >= 0.3 is 5.97 Å². The van der Waals surface area contributed by atoms with Crippen LogP contribution in [-0.4, -0.2) is 35.4 Å². The van der Waals surface area contributed by atoms with Crippen molar-refractivity contribution in [1.29, 1.82) is 0 Å². The maximum Gasteiger partial charge on any atom is 0.320 e. The second kappa shape index (κ2) is 5.98. The number of carboxylic acids is 1. The van der Waals surface area contributed by atoms with Crippen molar-refractivity contribution in [2.24, 2.45) is 5.41 Å². The molecule has 4 nitrogen and oxygen atoms in total. The summed E-state index contributed by atoms with van der Waals surface area (Å²) in [4.78, 5) is 10.6. The van der Waals surface area contributed by atoms with Gasteiger partial charge in [-0.15, -0.1) is 0 Å². The maximum absolute atomic E-state index is 10.6. The normalized spacial score (nSPS) is 14.0. The van der Waals surface area contributed by atoms with Crippen LogP contribution in [0, 0.1) is 5.41 Å². The molecule has 0 saturated heterocycles. The Morgan fingerprint density at radius 3 is 2.21 bits per heavy atom. The minimum atomic E-state index is -0.857. The first-order valence-corrected chi connectivity index (χ1v) is 5.08. The number of aliphatic carboxylic acids is 1. The Morgan fingerprint density at radius 2 is 1.93 bits per heavy atom. The lowest BCUT2D eigenvalue weighted by Gasteiger charge is -2.30. The highest BCUT2D eigenvalue weighted by atomic mass is 16.4. The van der Waals surface area contributed by atoms with Gasteiger partial charge in [0, 0.05) is 18.6 Å². The van der Waals surface area contributed by atoms with Crippen LogP contribution in [-0.2, 0) is 4.79 Å². The first kappa shape index (κ1) is 13.4. The molecule has 3 N–H and O–H groups in total. The van der Waals surface area contributed by atoms with E-state index in [-0.39, 0.29) is 12.0 Å². The molecule has 0 heterocycles. The van der Waals surface area contributed by atoms with Crippen molar-refractivity contribution in [2.45, 2.75) is 39.7 Å². The van der Waals surface area contributed by atoms with Crippen molar-refractivity contribution < 1.29 is 15.0 Å². The summed E-state index contributed by atoms with van der Waals surface area (Å²) in [5.41, 5.74) is -0.177. The first-order chi connectivity index (χ1) is 6.51. The van der Waals surface area contributed by atoms with Crippen molar-refractivity contribution in [1.82, 2.24) is 5.32 Å². The second-order valence-corrected chi connectivity index (χ2v) is 3.81. The van der Waals surface area contributed by atoms with E-state index in [1.165, 1.54) is 0 Å². The van der Waals surface area contributed by atoms with Gasteiger partial charge in [0.25, 0.3) is 0 Å². The van der Waals surface area contributed by atoms with Gasteiger partial charge in [0.2, 0.25) is 0 Å². The van der Waals surface area contributed by atoms with Crippen LogP contribution in [0.2, 0.25) is 0 Å². The Morgan fingerprint density at radius 1 is 1.43 bits per heavy atom. The van der Waals surface area contributed by atoms with E-state index in [1.54, 1.807) is 6.92 Å². The van der Waals surface area contributed by atoms with Gasteiger partial charge in [-0.3, -0.25) is 4.79 Å². The molecule has 0 aliphatic carbocycles. The molecule has 0 aliphatic rings. The highest BCUT2D eigenvalue weighted by Gasteiger charge is 2.26. The van der Waals surface area contributed by atoms with E-state index < -0.39 is 12.0 Å². The second-order valence-electron chi connectivity index (χ2n) is 3.81. The number of carboxylic acid groups (broad SMARTS) is 1. The predicted molar refractivity (Wildman–Crippen MR) is 55.2 cm³/mol. The fraction of sp³-hybridized carbons (Fsp3) is 0.900. The van der Waals surface area contributed by atoms with Gasteiger partial charge in [-0.25, -0.2) is 0 Å². The Balaban J connectivity index is 4.12. The van der Waals surface area contributed by atoms with Gasteiger partial charge in [-0.2, -0.15) is 0 Å². The summed E-state index contributed by atoms with van der Waals surface area (Å²) >= 11 is 0. The number of aliphatic hydroxyl groups is 1. The molecule has 4 heteroatoms. The highest BCUT2D eigenvalue weighted by molar-refractivity contribution is 5.72. The van der Waals surface area contributed by atoms with E-state index in [0.717, 1.165) is 12.8 Å². The number of hydrogen-bond acceptors (Lipinski definition) is 3. The molecule has 0 amide bonds. The van der Waals surface area contributed by atoms with Crippen LogP contribution in [0.25, 0.3) is 0 Å². The van der Waals surface area contributed by atoms with Crippen molar-refractivity contribution >= 4 is 5.97 Å². The van der Waals surface area contributed by atoms with E-state index in [9.17, 15) is 9.90 Å². The third-order valence-corrected chi connectivity index (χ3v) is 2.99. The standard InChI is InChI=1S/C10H21NO3/c1-4-10(5-2,7-12)6-11-8(3)9(13)14/h8,11-12H,4-7H2,1-3H3,(H,13,14). The van der Waals surface area contributed by atoms with Crippen molar-refractivity contribution in [3.05, 3.63) is 0 Å². The summed E-state index contributed by atoms with van der Waals surface area (Å²) in [7, 11) is 0. The zero-order valence-corrected chi connectivity index (χ0v) is 9.21. The zero-order valence-electron chi connectivity index (χ0n) is 9.21. The van der Waals surface area contributed by atoms with Crippen molar-refractivity contribution in [3.63, 3.8) is 0 Å². The third kappa shape index (κ3) is 3.64. The minimum Gasteiger partial charge on any atom is -0.480 e. The van der Waals surface area contributed by atoms with Crippen molar-refractivity contribution in [2.75, 3.05) is 13.2 Å². The quantitative estimate of drug-likeness (QED) is 0.573. The minimum absolute atomic E-state index is 0.0966. The SMILES string of the molecule is CCC(CC)(CO)CNC(C)C(=O)O. The summed E-state index contributed by atoms with van der Waals surface area (Å²) in [6, 6.07) is -0.556. The average molecular weight is 203 g/mol. The molecule has 0 aromatic heterocycles. The Bertz CT molecular complexity index is 170. The van der Waals surface area contributed by atoms with E-state index >= 15 is 0 Å². The summed E-state index contributed by atoms with van der Waals surface area (Å²) < 4.78 is 0. The number of aliphatic hydroxyl groups excluding tert-OH is 1. The molecule has 0 bridgehead atoms. The molecule has 0 saturated carbocycles. The molecule has 1 unspecified atom stereocenters. The van der Waals surface area contributed by atoms with Gasteiger partial charge < -0.3 is 15.5 Å². The number of carbonyl (C=O) groups is 1. The van der Waals surface area contributed by atoms with E-state index in [4.69, 9.17) is 5.11 Å². The van der Waals surface area contributed by atoms with Crippen LogP contribution >= 0.6 is 0 Å². The van der Waals surface area contributed by atoms with E-state index in [0.29, 0.717) is 6.54 Å². The third-order valence-electron chi connectivity index (χ3n) is 2.99. The van der Waals surface area contributed by atoms with Gasteiger partial charge in [0.15, 0.2) is 0 Å². The van der Waals surface area contributed by atoms with E-state index in [2.05, 4.69) is 5.32 Å². The van der Waals surface area contributed by atoms with Crippen molar-refractivity contribution in [3.8, 4) is 0 Å². The lowest BCUT2D eigenvalue weighted by Crippen LogP contribution is -2.43. The van der Waals surface area contributed by atoms with Crippen LogP contribution in [0.4, 0.5) is 0 Å². The fourth-order valence-corrected chi connectivity index (χ4v) is 1.24. The van der Waals surface area contributed by atoms with Crippen LogP contribution < -0.4 is 5.32 Å². The molecule has 0 radical (unpaired) electrons. The molecular weight excluding hydrogens is 182 g/mol. The molecule has 0 aliphatic heterocycles. The summed E-state index contributed by atoms with van der Waals surface area (Å²) in [5, 5.41) is 20.8. The molecule has 1 atom stereocenters. The Kier molecular flexibility index (Phi) is 5.72. The number of nitrogens with one attached hydrogen (secondary N) is 1. The largest absolute Gasteiger partial charge is 0.480 e. The Hall–Kier alpha value is -0.610. The summed E-state index contributed by atoms with van der Waals surface area (Å²) in [6.45, 7) is 6.26. The van der Waals surface area contributed by atoms with Crippen LogP contribution in [0.15, 0.2) is 0 Å². The summed E-state index contributed by atoms with van der Waals surface area (Å²) in [6.07, 6.45) is 1.69. The fourth-order valence-electron chi connectivity index (χ4n) is 1.24. The van der Waals surface area contributed by atoms with Crippen LogP contribution in [0.3, 0.4) is 0 Å². The van der Waals surface area contributed by atoms with Gasteiger partial charge in [-0.1, -0.05) is 13.8 Å². The molecular formula is C10H21NO3. The zero-order chi connectivity index (χ0) is 11.2. The van der Waals surface area contributed by atoms with Gasteiger partial charge in [-0.05, 0) is 19.8 Å². The average Bonchev–Trinajstić information content (AvgIpc) is 2.20. The molecule has 0 aromatic carbocycles. The highest BCUT2D eigenvalue weighted by Crippen LogP contribution is 2.24. The lowest BCUT2D eigenvalue weighted by atomic mass is 9.83. The molecule has 0 rings (SSSR count). The van der Waals surface area contributed by atoms with Crippen LogP contribution in [0.1, 0.15) is 33.6 Å². The number of rotatable bonds is 7. The first-order valence-electron chi connectivity index (χ1n) is 5.08. The Labute approximate surface area is 85.3 Å². The molecule has 0 spiro atoms. The molecule has 84 valence electrons. The molecule has 14 heavy (non-hydrogen) atoms. The molecule has 0 aromatic rings. The van der Waals surface area contributed by atoms with E-state index in [1.807, 2.05) is 13.8 Å². The van der Waals surface area contributed by atoms with Gasteiger partial charge in [0.05, 0.1) is 0 Å². The van der Waals surface area contributed by atoms with Gasteiger partial charge in [0.1, 0.15) is 6.04 Å². The monoisotopic (exact) mass is 203 g/mol. The van der Waals surface area contributed by atoms with Crippen LogP contribution in [0.5, 0.6) is 0 Å². The topological polar surface area (TPSA) is 69.6 Å². The lowest BCUT2D eigenvalue weighted by molar-refractivity contribution is -0.139. The number of hydrogen-bond donors (Lipinski definition) is 3. The maximum atomic E-state index is 10.6.